The van der Waals surface area contributed by atoms with Gasteiger partial charge in [0.2, 0.25) is 11.9 Å². The summed E-state index contributed by atoms with van der Waals surface area (Å²) in [6.45, 7) is 2.31. The maximum atomic E-state index is 13.1. The van der Waals surface area contributed by atoms with E-state index in [-0.39, 0.29) is 11.5 Å². The van der Waals surface area contributed by atoms with Crippen LogP contribution < -0.4 is 20.3 Å². The molecule has 28 heavy (non-hydrogen) atoms. The number of amides is 1. The fourth-order valence-corrected chi connectivity index (χ4v) is 5.06. The molecular formula is C21H25N5O2. The first-order valence-electron chi connectivity index (χ1n) is 9.98. The van der Waals surface area contributed by atoms with Gasteiger partial charge in [-0.1, -0.05) is 18.2 Å². The Balaban J connectivity index is 1.45. The van der Waals surface area contributed by atoms with Gasteiger partial charge in [0.05, 0.1) is 11.0 Å². The second kappa shape index (κ2) is 6.09. The van der Waals surface area contributed by atoms with E-state index in [9.17, 15) is 9.59 Å². The summed E-state index contributed by atoms with van der Waals surface area (Å²) in [6.07, 6.45) is 3.21. The summed E-state index contributed by atoms with van der Waals surface area (Å²) < 4.78 is 0. The highest BCUT2D eigenvalue weighted by molar-refractivity contribution is 6.07. The van der Waals surface area contributed by atoms with Gasteiger partial charge in [0, 0.05) is 39.4 Å². The Hall–Kier alpha value is -2.83. The zero-order valence-electron chi connectivity index (χ0n) is 16.4. The van der Waals surface area contributed by atoms with Gasteiger partial charge in [-0.15, -0.1) is 0 Å². The molecule has 1 spiro atoms. The summed E-state index contributed by atoms with van der Waals surface area (Å²) >= 11 is 0. The fourth-order valence-electron chi connectivity index (χ4n) is 5.06. The fraction of sp³-hybridized carbons (Fsp3) is 0.476. The average Bonchev–Trinajstić information content (AvgIpc) is 2.92. The van der Waals surface area contributed by atoms with Crippen LogP contribution in [0.15, 0.2) is 29.1 Å². The number of rotatable bonds is 1. The second-order valence-electron chi connectivity index (χ2n) is 8.17. The summed E-state index contributed by atoms with van der Waals surface area (Å²) in [7, 11) is 3.85. The van der Waals surface area contributed by atoms with Crippen LogP contribution in [0.4, 0.5) is 17.5 Å². The van der Waals surface area contributed by atoms with E-state index in [0.717, 1.165) is 54.9 Å². The lowest BCUT2D eigenvalue weighted by Gasteiger charge is -2.39. The molecule has 0 aliphatic carbocycles. The summed E-state index contributed by atoms with van der Waals surface area (Å²) in [4.78, 5) is 39.4. The average molecular weight is 379 g/mol. The number of fused-ring (bicyclic) bond motifs is 3. The first-order valence-corrected chi connectivity index (χ1v) is 9.98. The van der Waals surface area contributed by atoms with E-state index < -0.39 is 5.41 Å². The predicted molar refractivity (Wildman–Crippen MR) is 109 cm³/mol. The minimum absolute atomic E-state index is 0.0335. The molecule has 0 saturated carbocycles. The van der Waals surface area contributed by atoms with Gasteiger partial charge >= 0.3 is 0 Å². The van der Waals surface area contributed by atoms with Crippen molar-refractivity contribution in [1.82, 2.24) is 9.97 Å². The zero-order valence-corrected chi connectivity index (χ0v) is 16.4. The molecule has 0 radical (unpaired) electrons. The molecule has 1 fully saturated rings. The minimum Gasteiger partial charge on any atom is -0.359 e. The SMILES string of the molecule is CN1CCCc2c1nc(N1CCC3(CC1)C(=O)N(C)c1ccccc13)[nH]c2=O. The van der Waals surface area contributed by atoms with Crippen molar-refractivity contribution in [2.24, 2.45) is 0 Å². The highest BCUT2D eigenvalue weighted by atomic mass is 16.2. The molecule has 1 amide bonds. The first kappa shape index (κ1) is 17.3. The molecule has 3 aliphatic rings. The third-order valence-electron chi connectivity index (χ3n) is 6.67. The molecular weight excluding hydrogens is 354 g/mol. The van der Waals surface area contributed by atoms with Crippen LogP contribution in [0.5, 0.6) is 0 Å². The molecule has 7 heteroatoms. The van der Waals surface area contributed by atoms with Gasteiger partial charge in [0.15, 0.2) is 0 Å². The van der Waals surface area contributed by atoms with Crippen molar-refractivity contribution in [3.05, 3.63) is 45.7 Å². The number of H-pyrrole nitrogens is 1. The normalized spacial score (nSPS) is 20.5. The van der Waals surface area contributed by atoms with Gasteiger partial charge in [0.1, 0.15) is 5.82 Å². The molecule has 1 saturated heterocycles. The smallest absolute Gasteiger partial charge is 0.257 e. The number of anilines is 3. The zero-order chi connectivity index (χ0) is 19.5. The topological polar surface area (TPSA) is 72.5 Å². The lowest BCUT2D eigenvalue weighted by molar-refractivity contribution is -0.123. The number of para-hydroxylation sites is 1. The van der Waals surface area contributed by atoms with E-state index in [1.165, 1.54) is 0 Å². The van der Waals surface area contributed by atoms with Gasteiger partial charge in [-0.05, 0) is 37.3 Å². The van der Waals surface area contributed by atoms with Gasteiger partial charge in [-0.2, -0.15) is 4.98 Å². The van der Waals surface area contributed by atoms with Crippen molar-refractivity contribution in [3.8, 4) is 0 Å². The van der Waals surface area contributed by atoms with Crippen LogP contribution in [0.1, 0.15) is 30.4 Å². The highest BCUT2D eigenvalue weighted by Gasteiger charge is 2.51. The number of aromatic amines is 1. The quantitative estimate of drug-likeness (QED) is 0.816. The van der Waals surface area contributed by atoms with Crippen molar-refractivity contribution >= 4 is 23.4 Å². The lowest BCUT2D eigenvalue weighted by atomic mass is 9.73. The number of likely N-dealkylation sites (N-methyl/N-ethyl adjacent to an activating group) is 1. The third-order valence-corrected chi connectivity index (χ3v) is 6.67. The number of hydrogen-bond acceptors (Lipinski definition) is 5. The van der Waals surface area contributed by atoms with Crippen molar-refractivity contribution in [2.75, 3.05) is 48.4 Å². The molecule has 146 valence electrons. The lowest BCUT2D eigenvalue weighted by Crippen LogP contribution is -2.49. The van der Waals surface area contributed by atoms with E-state index in [2.05, 4.69) is 20.9 Å². The van der Waals surface area contributed by atoms with Gasteiger partial charge in [0.25, 0.3) is 5.56 Å². The number of piperidine rings is 1. The van der Waals surface area contributed by atoms with Crippen LogP contribution in [0, 0.1) is 0 Å². The van der Waals surface area contributed by atoms with Crippen LogP contribution in [0.2, 0.25) is 0 Å². The Labute approximate surface area is 164 Å². The Kier molecular flexibility index (Phi) is 3.76. The second-order valence-corrected chi connectivity index (χ2v) is 8.17. The highest BCUT2D eigenvalue weighted by Crippen LogP contribution is 2.47. The molecule has 1 aromatic carbocycles. The van der Waals surface area contributed by atoms with E-state index in [1.54, 1.807) is 4.90 Å². The first-order chi connectivity index (χ1) is 13.5. The number of aromatic nitrogens is 2. The molecule has 3 aliphatic heterocycles. The number of carbonyl (C=O) groups is 1. The number of nitrogens with zero attached hydrogens (tertiary/aromatic N) is 4. The maximum Gasteiger partial charge on any atom is 0.257 e. The van der Waals surface area contributed by atoms with Crippen LogP contribution in [-0.4, -0.2) is 49.6 Å². The minimum atomic E-state index is -0.451. The molecule has 0 atom stereocenters. The van der Waals surface area contributed by atoms with Crippen molar-refractivity contribution in [2.45, 2.75) is 31.1 Å². The molecule has 5 rings (SSSR count). The largest absolute Gasteiger partial charge is 0.359 e. The molecule has 1 N–H and O–H groups in total. The van der Waals surface area contributed by atoms with E-state index in [0.29, 0.717) is 19.0 Å². The summed E-state index contributed by atoms with van der Waals surface area (Å²) in [6, 6.07) is 8.10. The summed E-state index contributed by atoms with van der Waals surface area (Å²) in [5.74, 6) is 1.60. The van der Waals surface area contributed by atoms with Crippen molar-refractivity contribution in [1.29, 1.82) is 0 Å². The Morgan fingerprint density at radius 2 is 1.82 bits per heavy atom. The molecule has 0 unspecified atom stereocenters. The van der Waals surface area contributed by atoms with E-state index >= 15 is 0 Å². The Morgan fingerprint density at radius 1 is 1.07 bits per heavy atom. The van der Waals surface area contributed by atoms with E-state index in [1.807, 2.05) is 32.3 Å². The number of hydrogen-bond donors (Lipinski definition) is 1. The molecule has 4 heterocycles. The van der Waals surface area contributed by atoms with Crippen LogP contribution >= 0.6 is 0 Å². The standard InChI is InChI=1S/C21H25N5O2/c1-24-11-5-6-14-17(24)22-20(23-18(14)27)26-12-9-21(10-13-26)15-7-3-4-8-16(15)25(2)19(21)28/h3-4,7-8H,5-6,9-13H2,1-2H3,(H,22,23,27). The van der Waals surface area contributed by atoms with Crippen LogP contribution in [-0.2, 0) is 16.6 Å². The number of benzene rings is 1. The number of nitrogens with one attached hydrogen (secondary N) is 1. The van der Waals surface area contributed by atoms with Gasteiger partial charge in [-0.3, -0.25) is 14.6 Å². The number of carbonyl (C=O) groups excluding carboxylic acids is 1. The van der Waals surface area contributed by atoms with Crippen molar-refractivity contribution in [3.63, 3.8) is 0 Å². The van der Waals surface area contributed by atoms with Gasteiger partial charge < -0.3 is 14.7 Å². The van der Waals surface area contributed by atoms with Crippen LogP contribution in [0.3, 0.4) is 0 Å². The Bertz CT molecular complexity index is 1010. The monoisotopic (exact) mass is 379 g/mol. The van der Waals surface area contributed by atoms with E-state index in [4.69, 9.17) is 4.98 Å². The van der Waals surface area contributed by atoms with Gasteiger partial charge in [-0.25, -0.2) is 0 Å². The third kappa shape index (κ3) is 2.31. The summed E-state index contributed by atoms with van der Waals surface area (Å²) in [5.41, 5.74) is 2.45. The Morgan fingerprint density at radius 3 is 2.61 bits per heavy atom. The van der Waals surface area contributed by atoms with Crippen LogP contribution in [0.25, 0.3) is 0 Å². The molecule has 1 aromatic heterocycles. The molecule has 7 nitrogen and oxygen atoms in total. The predicted octanol–water partition coefficient (Wildman–Crippen LogP) is 1.67. The molecule has 2 aromatic rings. The molecule has 0 bridgehead atoms. The van der Waals surface area contributed by atoms with Crippen molar-refractivity contribution < 1.29 is 4.79 Å². The maximum absolute atomic E-state index is 13.1. The summed E-state index contributed by atoms with van der Waals surface area (Å²) in [5, 5.41) is 0.